The van der Waals surface area contributed by atoms with Crippen molar-refractivity contribution in [2.45, 2.75) is 57.9 Å². The average Bonchev–Trinajstić information content (AvgIpc) is 2.40. The minimum Gasteiger partial charge on any atom is -0.316 e. The molecule has 1 aliphatic heterocycles. The van der Waals surface area contributed by atoms with Gasteiger partial charge in [-0.25, -0.2) is 0 Å². The second-order valence-electron chi connectivity index (χ2n) is 6.29. The fourth-order valence-electron chi connectivity index (χ4n) is 3.63. The van der Waals surface area contributed by atoms with E-state index in [1.54, 1.807) is 0 Å². The van der Waals surface area contributed by atoms with E-state index in [-0.39, 0.29) is 0 Å². The van der Waals surface area contributed by atoms with Crippen LogP contribution in [0.2, 0.25) is 0 Å². The third-order valence-electron chi connectivity index (χ3n) is 4.97. The van der Waals surface area contributed by atoms with Gasteiger partial charge in [0.1, 0.15) is 0 Å². The highest BCUT2D eigenvalue weighted by atomic mass is 15.1. The SMILES string of the molecule is C[C@@H](C1CCCCC1)N(C)CC1CCCNC1. The van der Waals surface area contributed by atoms with E-state index in [1.807, 2.05) is 0 Å². The van der Waals surface area contributed by atoms with Crippen LogP contribution in [-0.4, -0.2) is 37.6 Å². The van der Waals surface area contributed by atoms with Gasteiger partial charge < -0.3 is 10.2 Å². The van der Waals surface area contributed by atoms with Gasteiger partial charge in [-0.05, 0) is 64.6 Å². The van der Waals surface area contributed by atoms with Crippen LogP contribution in [0.4, 0.5) is 0 Å². The van der Waals surface area contributed by atoms with Crippen LogP contribution in [0.3, 0.4) is 0 Å². The van der Waals surface area contributed by atoms with E-state index in [9.17, 15) is 0 Å². The van der Waals surface area contributed by atoms with E-state index in [0.29, 0.717) is 0 Å². The molecule has 0 bridgehead atoms. The molecule has 0 aromatic carbocycles. The zero-order chi connectivity index (χ0) is 12.1. The Labute approximate surface area is 107 Å². The molecule has 2 aliphatic rings. The molecule has 0 amide bonds. The number of nitrogens with one attached hydrogen (secondary N) is 1. The molecule has 100 valence electrons. The quantitative estimate of drug-likeness (QED) is 0.810. The largest absolute Gasteiger partial charge is 0.316 e. The second-order valence-corrected chi connectivity index (χ2v) is 6.29. The van der Waals surface area contributed by atoms with Gasteiger partial charge in [-0.1, -0.05) is 19.3 Å². The van der Waals surface area contributed by atoms with E-state index in [4.69, 9.17) is 0 Å². The molecule has 2 rings (SSSR count). The zero-order valence-electron chi connectivity index (χ0n) is 11.8. The lowest BCUT2D eigenvalue weighted by atomic mass is 9.83. The Balaban J connectivity index is 1.75. The Hall–Kier alpha value is -0.0800. The van der Waals surface area contributed by atoms with E-state index in [2.05, 4.69) is 24.2 Å². The van der Waals surface area contributed by atoms with Gasteiger partial charge in [0.05, 0.1) is 0 Å². The first kappa shape index (κ1) is 13.4. The Bertz CT molecular complexity index is 205. The number of piperidine rings is 1. The molecular formula is C15H30N2. The Kier molecular flexibility index (Phi) is 5.30. The summed E-state index contributed by atoms with van der Waals surface area (Å²) in [5.74, 6) is 1.85. The third kappa shape index (κ3) is 3.96. The number of hydrogen-bond acceptors (Lipinski definition) is 2. The van der Waals surface area contributed by atoms with Gasteiger partial charge in [0.25, 0.3) is 0 Å². The Morgan fingerprint density at radius 1 is 1.12 bits per heavy atom. The summed E-state index contributed by atoms with van der Waals surface area (Å²) in [6.07, 6.45) is 10.1. The predicted octanol–water partition coefficient (Wildman–Crippen LogP) is 2.89. The molecule has 0 aromatic rings. The van der Waals surface area contributed by atoms with Crippen LogP contribution in [0.5, 0.6) is 0 Å². The van der Waals surface area contributed by atoms with Crippen molar-refractivity contribution in [2.24, 2.45) is 11.8 Å². The molecule has 1 N–H and O–H groups in total. The summed E-state index contributed by atoms with van der Waals surface area (Å²) in [4.78, 5) is 2.63. The number of hydrogen-bond donors (Lipinski definition) is 1. The van der Waals surface area contributed by atoms with Crippen LogP contribution in [0.15, 0.2) is 0 Å². The summed E-state index contributed by atoms with van der Waals surface area (Å²) in [5.41, 5.74) is 0. The summed E-state index contributed by atoms with van der Waals surface area (Å²) in [7, 11) is 2.34. The molecule has 17 heavy (non-hydrogen) atoms. The van der Waals surface area contributed by atoms with E-state index >= 15 is 0 Å². The Morgan fingerprint density at radius 2 is 1.88 bits per heavy atom. The number of nitrogens with zero attached hydrogens (tertiary/aromatic N) is 1. The summed E-state index contributed by atoms with van der Waals surface area (Å²) in [5, 5.41) is 3.53. The summed E-state index contributed by atoms with van der Waals surface area (Å²) >= 11 is 0. The summed E-state index contributed by atoms with van der Waals surface area (Å²) in [6.45, 7) is 6.22. The zero-order valence-corrected chi connectivity index (χ0v) is 11.8. The molecule has 2 fully saturated rings. The Morgan fingerprint density at radius 3 is 2.53 bits per heavy atom. The first-order chi connectivity index (χ1) is 8.27. The van der Waals surface area contributed by atoms with Crippen molar-refractivity contribution < 1.29 is 0 Å². The van der Waals surface area contributed by atoms with E-state index < -0.39 is 0 Å². The predicted molar refractivity (Wildman–Crippen MR) is 74.3 cm³/mol. The first-order valence-electron chi connectivity index (χ1n) is 7.68. The van der Waals surface area contributed by atoms with Crippen LogP contribution in [0.25, 0.3) is 0 Å². The van der Waals surface area contributed by atoms with Crippen LogP contribution in [0.1, 0.15) is 51.9 Å². The molecule has 1 heterocycles. The van der Waals surface area contributed by atoms with Crippen LogP contribution in [-0.2, 0) is 0 Å². The molecule has 1 saturated carbocycles. The van der Waals surface area contributed by atoms with Gasteiger partial charge >= 0.3 is 0 Å². The van der Waals surface area contributed by atoms with Crippen molar-refractivity contribution >= 4 is 0 Å². The van der Waals surface area contributed by atoms with E-state index in [0.717, 1.165) is 17.9 Å². The minimum atomic E-state index is 0.789. The minimum absolute atomic E-state index is 0.789. The fourth-order valence-corrected chi connectivity index (χ4v) is 3.63. The normalized spacial score (nSPS) is 29.5. The van der Waals surface area contributed by atoms with Gasteiger partial charge in [0, 0.05) is 12.6 Å². The highest BCUT2D eigenvalue weighted by molar-refractivity contribution is 4.79. The van der Waals surface area contributed by atoms with Crippen molar-refractivity contribution in [1.29, 1.82) is 0 Å². The highest BCUT2D eigenvalue weighted by Gasteiger charge is 2.25. The van der Waals surface area contributed by atoms with Gasteiger partial charge in [-0.2, -0.15) is 0 Å². The van der Waals surface area contributed by atoms with Crippen molar-refractivity contribution in [3.8, 4) is 0 Å². The molecule has 1 aliphatic carbocycles. The van der Waals surface area contributed by atoms with Crippen molar-refractivity contribution in [2.75, 3.05) is 26.7 Å². The lowest BCUT2D eigenvalue weighted by Gasteiger charge is -2.37. The lowest BCUT2D eigenvalue weighted by molar-refractivity contribution is 0.131. The molecule has 0 radical (unpaired) electrons. The van der Waals surface area contributed by atoms with Gasteiger partial charge in [-0.15, -0.1) is 0 Å². The van der Waals surface area contributed by atoms with Gasteiger partial charge in [0.2, 0.25) is 0 Å². The molecular weight excluding hydrogens is 208 g/mol. The number of rotatable bonds is 4. The smallest absolute Gasteiger partial charge is 0.00922 e. The van der Waals surface area contributed by atoms with Crippen LogP contribution in [0, 0.1) is 11.8 Å². The lowest BCUT2D eigenvalue weighted by Crippen LogP contribution is -2.43. The molecule has 1 saturated heterocycles. The van der Waals surface area contributed by atoms with Gasteiger partial charge in [-0.3, -0.25) is 0 Å². The van der Waals surface area contributed by atoms with Crippen molar-refractivity contribution in [1.82, 2.24) is 10.2 Å². The molecule has 2 nitrogen and oxygen atoms in total. The van der Waals surface area contributed by atoms with Gasteiger partial charge in [0.15, 0.2) is 0 Å². The van der Waals surface area contributed by atoms with Crippen molar-refractivity contribution in [3.05, 3.63) is 0 Å². The maximum absolute atomic E-state index is 3.53. The molecule has 2 heteroatoms. The van der Waals surface area contributed by atoms with Crippen LogP contribution >= 0.6 is 0 Å². The average molecular weight is 238 g/mol. The maximum Gasteiger partial charge on any atom is 0.00922 e. The fraction of sp³-hybridized carbons (Fsp3) is 1.00. The second kappa shape index (κ2) is 6.75. The first-order valence-corrected chi connectivity index (χ1v) is 7.68. The monoisotopic (exact) mass is 238 g/mol. The standard InChI is InChI=1S/C15H30N2/c1-13(15-8-4-3-5-9-15)17(2)12-14-7-6-10-16-11-14/h13-16H,3-12H2,1-2H3/t13-,14?/m0/s1. The third-order valence-corrected chi connectivity index (χ3v) is 4.97. The summed E-state index contributed by atoms with van der Waals surface area (Å²) < 4.78 is 0. The summed E-state index contributed by atoms with van der Waals surface area (Å²) in [6, 6.07) is 0.789. The molecule has 0 aromatic heterocycles. The van der Waals surface area contributed by atoms with Crippen molar-refractivity contribution in [3.63, 3.8) is 0 Å². The van der Waals surface area contributed by atoms with Crippen LogP contribution < -0.4 is 5.32 Å². The van der Waals surface area contributed by atoms with E-state index in [1.165, 1.54) is 64.6 Å². The molecule has 1 unspecified atom stereocenters. The maximum atomic E-state index is 3.53. The topological polar surface area (TPSA) is 15.3 Å². The molecule has 0 spiro atoms. The highest BCUT2D eigenvalue weighted by Crippen LogP contribution is 2.29. The molecule has 2 atom stereocenters.